The maximum absolute atomic E-state index is 17.2. The van der Waals surface area contributed by atoms with Crippen molar-refractivity contribution >= 4 is 37.0 Å². The lowest BCUT2D eigenvalue weighted by Crippen LogP contribution is -2.46. The number of hydrogen-bond acceptors (Lipinski definition) is 4. The summed E-state index contributed by atoms with van der Waals surface area (Å²) in [6, 6.07) is 21.9. The fourth-order valence-electron chi connectivity index (χ4n) is 6.40. The Morgan fingerprint density at radius 1 is 0.852 bits per heavy atom. The van der Waals surface area contributed by atoms with Crippen LogP contribution >= 0.6 is 19.4 Å². The number of nitrogens with one attached hydrogen (secondary N) is 1. The van der Waals surface area contributed by atoms with Crippen molar-refractivity contribution in [3.63, 3.8) is 0 Å². The molecule has 9 nitrogen and oxygen atoms in total. The monoisotopic (exact) mass is 781 g/mol. The summed E-state index contributed by atoms with van der Waals surface area (Å²) in [6.45, 7) is 0.567. The van der Waals surface area contributed by atoms with E-state index in [2.05, 4.69) is 5.32 Å². The van der Waals surface area contributed by atoms with E-state index in [-0.39, 0.29) is 40.8 Å². The highest BCUT2D eigenvalue weighted by molar-refractivity contribution is 7.46. The second-order valence-corrected chi connectivity index (χ2v) is 14.3. The predicted molar refractivity (Wildman–Crippen MR) is 194 cm³/mol. The summed E-state index contributed by atoms with van der Waals surface area (Å²) in [7, 11) is -3.74. The molecule has 0 radical (unpaired) electrons. The van der Waals surface area contributed by atoms with Crippen molar-refractivity contribution in [2.75, 3.05) is 11.9 Å². The first-order valence-electron chi connectivity index (χ1n) is 16.6. The van der Waals surface area contributed by atoms with Crippen LogP contribution in [0.2, 0.25) is 5.02 Å². The number of rotatable bonds is 11. The molecule has 54 heavy (non-hydrogen) atoms. The van der Waals surface area contributed by atoms with Gasteiger partial charge in [0.05, 0.1) is 23.3 Å². The Morgan fingerprint density at radius 3 is 2.00 bits per heavy atom. The van der Waals surface area contributed by atoms with E-state index < -0.39 is 78.5 Å². The third-order valence-corrected chi connectivity index (χ3v) is 10.1. The third kappa shape index (κ3) is 8.14. The number of amides is 3. The van der Waals surface area contributed by atoms with E-state index in [1.165, 1.54) is 29.0 Å². The molecule has 0 aromatic heterocycles. The highest BCUT2D eigenvalue weighted by Crippen LogP contribution is 2.48. The van der Waals surface area contributed by atoms with Crippen molar-refractivity contribution in [1.82, 2.24) is 10.2 Å². The Bertz CT molecular complexity index is 2270. The minimum absolute atomic E-state index is 0.00875. The van der Waals surface area contributed by atoms with Gasteiger partial charge in [0.25, 0.3) is 5.91 Å². The Kier molecular flexibility index (Phi) is 11.2. The minimum Gasteiger partial charge on any atom is -0.402 e. The molecule has 0 saturated carbocycles. The van der Waals surface area contributed by atoms with Crippen molar-refractivity contribution in [2.24, 2.45) is 0 Å². The van der Waals surface area contributed by atoms with Gasteiger partial charge < -0.3 is 14.7 Å². The molecule has 0 bridgehead atoms. The predicted octanol–water partition coefficient (Wildman–Crippen LogP) is 8.61. The molecule has 0 fully saturated rings. The molecule has 280 valence electrons. The highest BCUT2D eigenvalue weighted by Gasteiger charge is 2.37. The summed E-state index contributed by atoms with van der Waals surface area (Å²) in [6.07, 6.45) is -0.0389. The maximum Gasteiger partial charge on any atom is 0.524 e. The average Bonchev–Trinajstić information content (AvgIpc) is 3.13. The Hall–Kier alpha value is -5.20. The first-order chi connectivity index (χ1) is 25.6. The van der Waals surface area contributed by atoms with Crippen molar-refractivity contribution in [3.05, 3.63) is 164 Å². The Labute approximate surface area is 313 Å². The van der Waals surface area contributed by atoms with Crippen LogP contribution < -0.4 is 14.7 Å². The molecule has 1 aliphatic heterocycles. The molecule has 1 atom stereocenters. The smallest absolute Gasteiger partial charge is 0.402 e. The summed E-state index contributed by atoms with van der Waals surface area (Å²) in [5, 5.41) is 1.93. The second kappa shape index (κ2) is 15.6. The van der Waals surface area contributed by atoms with E-state index in [0.717, 1.165) is 0 Å². The van der Waals surface area contributed by atoms with Gasteiger partial charge >= 0.3 is 13.9 Å². The van der Waals surface area contributed by atoms with E-state index in [1.54, 1.807) is 73.7 Å². The SMILES string of the molecule is C[C@H]1c2ccc(C(=O)NCc3c(F)cc(F)cc3F)cc2N(Cc2c(F)c(Cc3ccccc3)c(Cc3ccccc3)c(OP(=O)(O)O)c2Cl)C(=O)N1C. The van der Waals surface area contributed by atoms with E-state index in [0.29, 0.717) is 28.8 Å². The van der Waals surface area contributed by atoms with Crippen molar-refractivity contribution in [1.29, 1.82) is 0 Å². The van der Waals surface area contributed by atoms with Crippen LogP contribution in [-0.2, 0) is 30.5 Å². The summed E-state index contributed by atoms with van der Waals surface area (Å²) in [4.78, 5) is 49.7. The van der Waals surface area contributed by atoms with Crippen LogP contribution in [0.1, 0.15) is 62.3 Å². The highest BCUT2D eigenvalue weighted by atomic mass is 35.5. The minimum atomic E-state index is -5.27. The lowest BCUT2D eigenvalue weighted by atomic mass is 9.91. The van der Waals surface area contributed by atoms with Gasteiger partial charge in [0, 0.05) is 60.8 Å². The van der Waals surface area contributed by atoms with Crippen LogP contribution in [0.25, 0.3) is 0 Å². The van der Waals surface area contributed by atoms with Crippen LogP contribution in [0.15, 0.2) is 91.0 Å². The summed E-state index contributed by atoms with van der Waals surface area (Å²) >= 11 is 6.83. The number of anilines is 1. The zero-order valence-corrected chi connectivity index (χ0v) is 30.5. The lowest BCUT2D eigenvalue weighted by molar-refractivity contribution is 0.0950. The van der Waals surface area contributed by atoms with Crippen LogP contribution in [0, 0.1) is 23.3 Å². The topological polar surface area (TPSA) is 119 Å². The largest absolute Gasteiger partial charge is 0.524 e. The number of halogens is 5. The number of hydrogen-bond donors (Lipinski definition) is 3. The first-order valence-corrected chi connectivity index (χ1v) is 18.5. The molecule has 0 aliphatic carbocycles. The summed E-state index contributed by atoms with van der Waals surface area (Å²) in [5.74, 6) is -5.55. The van der Waals surface area contributed by atoms with E-state index in [1.807, 2.05) is 0 Å². The maximum atomic E-state index is 17.2. The fraction of sp³-hybridized carbons (Fsp3) is 0.179. The van der Waals surface area contributed by atoms with Gasteiger partial charge in [-0.05, 0) is 41.3 Å². The van der Waals surface area contributed by atoms with Crippen LogP contribution in [0.4, 0.5) is 28.0 Å². The number of nitrogens with zero attached hydrogens (tertiary/aromatic N) is 2. The number of phosphoric ester groups is 1. The van der Waals surface area contributed by atoms with Crippen molar-refractivity contribution in [2.45, 2.75) is 38.9 Å². The fourth-order valence-corrected chi connectivity index (χ4v) is 7.19. The molecule has 0 unspecified atom stereocenters. The molecular formula is C39H33ClF4N3O6P. The average molecular weight is 782 g/mol. The number of carbonyl (C=O) groups excluding carboxylic acids is 2. The van der Waals surface area contributed by atoms with Crippen LogP contribution in [-0.4, -0.2) is 33.7 Å². The third-order valence-electron chi connectivity index (χ3n) is 9.29. The van der Waals surface area contributed by atoms with Gasteiger partial charge in [0.2, 0.25) is 0 Å². The molecule has 5 aromatic rings. The van der Waals surface area contributed by atoms with Gasteiger partial charge in [-0.3, -0.25) is 19.5 Å². The quantitative estimate of drug-likeness (QED) is 0.0913. The molecular weight excluding hydrogens is 749 g/mol. The van der Waals surface area contributed by atoms with Gasteiger partial charge in [-0.15, -0.1) is 0 Å². The van der Waals surface area contributed by atoms with Gasteiger partial charge in [-0.25, -0.2) is 26.9 Å². The van der Waals surface area contributed by atoms with Gasteiger partial charge in [-0.2, -0.15) is 0 Å². The summed E-state index contributed by atoms with van der Waals surface area (Å²) < 4.78 is 76.7. The number of carbonyl (C=O) groups is 2. The van der Waals surface area contributed by atoms with E-state index in [4.69, 9.17) is 16.1 Å². The molecule has 3 N–H and O–H groups in total. The van der Waals surface area contributed by atoms with Gasteiger partial charge in [0.15, 0.2) is 5.75 Å². The zero-order valence-electron chi connectivity index (χ0n) is 28.8. The second-order valence-electron chi connectivity index (χ2n) is 12.8. The molecule has 0 saturated heterocycles. The normalized spacial score (nSPS) is 14.2. The van der Waals surface area contributed by atoms with Gasteiger partial charge in [0.1, 0.15) is 23.3 Å². The van der Waals surface area contributed by atoms with Crippen LogP contribution in [0.3, 0.4) is 0 Å². The van der Waals surface area contributed by atoms with Crippen LogP contribution in [0.5, 0.6) is 5.75 Å². The summed E-state index contributed by atoms with van der Waals surface area (Å²) in [5.41, 5.74) is 1.34. The number of urea groups is 1. The Morgan fingerprint density at radius 2 is 1.43 bits per heavy atom. The first kappa shape index (κ1) is 38.5. The standard InChI is InChI=1S/C39H33ClF4N3O6P/c1-22-27-14-13-25(38(48)45-20-30-32(42)18-26(41)19-33(30)43)17-34(27)47(39(49)46(22)2)21-31-35(40)37(53-54(50,51)52)29(16-24-11-7-4-8-12-24)28(36(31)44)15-23-9-5-3-6-10-23/h3-14,17-19,22H,15-16,20-21H2,1-2H3,(H,45,48)(H2,50,51,52)/t22-/m0/s1. The number of phosphoric acid groups is 1. The van der Waals surface area contributed by atoms with Crippen molar-refractivity contribution < 1.29 is 46.0 Å². The molecule has 0 spiro atoms. The molecule has 5 aromatic carbocycles. The number of fused-ring (bicyclic) bond motifs is 1. The van der Waals surface area contributed by atoms with E-state index >= 15 is 4.39 Å². The Balaban J connectivity index is 1.45. The molecule has 1 heterocycles. The molecule has 15 heteroatoms. The zero-order chi connectivity index (χ0) is 38.9. The molecule has 3 amide bonds. The van der Waals surface area contributed by atoms with E-state index in [9.17, 15) is 37.1 Å². The van der Waals surface area contributed by atoms with Gasteiger partial charge in [-0.1, -0.05) is 78.3 Å². The number of benzene rings is 5. The molecule has 6 rings (SSSR count). The lowest BCUT2D eigenvalue weighted by Gasteiger charge is -2.40. The van der Waals surface area contributed by atoms with Crippen molar-refractivity contribution in [3.8, 4) is 5.75 Å². The molecule has 1 aliphatic rings.